The number of likely N-dealkylation sites (N-methyl/N-ethyl adjacent to an activating group) is 1. The lowest BCUT2D eigenvalue weighted by atomic mass is 10.2. The molecule has 120 valence electrons. The molecule has 1 saturated heterocycles. The largest absolute Gasteiger partial charge is 0.377 e. The van der Waals surface area contributed by atoms with E-state index in [1.807, 2.05) is 6.26 Å². The standard InChI is InChI=1S/C14H21N5OS2/c1-11-10-20-8-7-18(11)12-9-13(16-14(15-12)21-3)19-6-4-5-17(2)22-19/h4,6,9,11H,5,7-8,10H2,1-3H3/t11-/m1/s1. The van der Waals surface area contributed by atoms with E-state index in [9.17, 15) is 0 Å². The van der Waals surface area contributed by atoms with Gasteiger partial charge in [0.2, 0.25) is 0 Å². The average molecular weight is 339 g/mol. The molecule has 0 radical (unpaired) electrons. The lowest BCUT2D eigenvalue weighted by Gasteiger charge is -2.35. The van der Waals surface area contributed by atoms with Crippen molar-refractivity contribution in [3.63, 3.8) is 0 Å². The van der Waals surface area contributed by atoms with Crippen molar-refractivity contribution in [2.24, 2.45) is 0 Å². The Balaban J connectivity index is 1.92. The van der Waals surface area contributed by atoms with Gasteiger partial charge in [0.15, 0.2) is 5.16 Å². The second-order valence-corrected chi connectivity index (χ2v) is 7.24. The van der Waals surface area contributed by atoms with Crippen LogP contribution in [0.3, 0.4) is 0 Å². The van der Waals surface area contributed by atoms with Crippen LogP contribution in [0.15, 0.2) is 23.5 Å². The van der Waals surface area contributed by atoms with E-state index in [4.69, 9.17) is 4.74 Å². The summed E-state index contributed by atoms with van der Waals surface area (Å²) in [5.74, 6) is 1.90. The highest BCUT2D eigenvalue weighted by molar-refractivity contribution is 7.98. The van der Waals surface area contributed by atoms with Crippen molar-refractivity contribution in [3.05, 3.63) is 18.3 Å². The normalized spacial score (nSPS) is 23.1. The first-order valence-corrected chi connectivity index (χ1v) is 9.25. The summed E-state index contributed by atoms with van der Waals surface area (Å²) >= 11 is 3.23. The molecule has 3 heterocycles. The Kier molecular flexibility index (Phi) is 5.12. The number of nitrogens with zero attached hydrogens (tertiary/aromatic N) is 5. The van der Waals surface area contributed by atoms with Crippen LogP contribution >= 0.6 is 23.9 Å². The number of hydrogen-bond acceptors (Lipinski definition) is 8. The van der Waals surface area contributed by atoms with E-state index >= 15 is 0 Å². The van der Waals surface area contributed by atoms with E-state index in [-0.39, 0.29) is 0 Å². The summed E-state index contributed by atoms with van der Waals surface area (Å²) in [6, 6.07) is 2.40. The lowest BCUT2D eigenvalue weighted by Crippen LogP contribution is -2.44. The van der Waals surface area contributed by atoms with Crippen molar-refractivity contribution < 1.29 is 4.74 Å². The molecule has 3 rings (SSSR count). The number of aromatic nitrogens is 2. The zero-order valence-electron chi connectivity index (χ0n) is 13.1. The number of morpholine rings is 1. The fraction of sp³-hybridized carbons (Fsp3) is 0.571. The van der Waals surface area contributed by atoms with E-state index in [1.165, 1.54) is 0 Å². The predicted octanol–water partition coefficient (Wildman–Crippen LogP) is 2.25. The summed E-state index contributed by atoms with van der Waals surface area (Å²) in [4.78, 5) is 11.6. The van der Waals surface area contributed by atoms with Crippen molar-refractivity contribution in [3.8, 4) is 0 Å². The van der Waals surface area contributed by atoms with Gasteiger partial charge in [-0.2, -0.15) is 0 Å². The Morgan fingerprint density at radius 1 is 1.36 bits per heavy atom. The van der Waals surface area contributed by atoms with Gasteiger partial charge in [-0.05, 0) is 20.2 Å². The number of thioether (sulfide) groups is 1. The molecule has 1 aromatic heterocycles. The highest BCUT2D eigenvalue weighted by atomic mass is 32.2. The molecule has 2 aliphatic rings. The molecular formula is C14H21N5OS2. The average Bonchev–Trinajstić information content (AvgIpc) is 2.55. The summed E-state index contributed by atoms with van der Waals surface area (Å²) < 4.78 is 9.78. The van der Waals surface area contributed by atoms with Gasteiger partial charge in [-0.15, -0.1) is 0 Å². The number of hydrogen-bond donors (Lipinski definition) is 0. The minimum atomic E-state index is 0.332. The van der Waals surface area contributed by atoms with Gasteiger partial charge >= 0.3 is 0 Å². The molecule has 0 N–H and O–H groups in total. The molecular weight excluding hydrogens is 318 g/mol. The summed E-state index contributed by atoms with van der Waals surface area (Å²) in [6.07, 6.45) is 6.22. The third kappa shape index (κ3) is 3.51. The van der Waals surface area contributed by atoms with Crippen LogP contribution in [0.1, 0.15) is 6.92 Å². The molecule has 1 fully saturated rings. The SMILES string of the molecule is CSc1nc(N2C=CCN(C)S2)cc(N2CCOC[C@H]2C)n1. The molecule has 2 aliphatic heterocycles. The summed E-state index contributed by atoms with van der Waals surface area (Å²) in [7, 11) is 2.07. The maximum absolute atomic E-state index is 5.53. The molecule has 8 heteroatoms. The van der Waals surface area contributed by atoms with E-state index in [0.717, 1.165) is 43.1 Å². The maximum atomic E-state index is 5.53. The molecule has 6 nitrogen and oxygen atoms in total. The van der Waals surface area contributed by atoms with Crippen LogP contribution in [-0.4, -0.2) is 59.9 Å². The second kappa shape index (κ2) is 7.08. The summed E-state index contributed by atoms with van der Waals surface area (Å²) in [5, 5.41) is 0.799. The number of rotatable bonds is 3. The first-order chi connectivity index (χ1) is 10.7. The first kappa shape index (κ1) is 15.9. The van der Waals surface area contributed by atoms with E-state index in [2.05, 4.69) is 55.8 Å². The van der Waals surface area contributed by atoms with Crippen LogP contribution < -0.4 is 9.21 Å². The first-order valence-electron chi connectivity index (χ1n) is 7.30. The van der Waals surface area contributed by atoms with E-state index in [1.54, 1.807) is 23.9 Å². The van der Waals surface area contributed by atoms with Crippen LogP contribution in [-0.2, 0) is 4.74 Å². The zero-order valence-corrected chi connectivity index (χ0v) is 14.7. The minimum Gasteiger partial charge on any atom is -0.377 e. The maximum Gasteiger partial charge on any atom is 0.191 e. The third-order valence-corrected chi connectivity index (χ3v) is 5.04. The quantitative estimate of drug-likeness (QED) is 0.472. The third-order valence-electron chi connectivity index (χ3n) is 3.58. The Morgan fingerprint density at radius 2 is 2.18 bits per heavy atom. The Morgan fingerprint density at radius 3 is 2.91 bits per heavy atom. The molecule has 1 aromatic rings. The van der Waals surface area contributed by atoms with Crippen molar-refractivity contribution >= 4 is 35.5 Å². The van der Waals surface area contributed by atoms with Gasteiger partial charge in [0.05, 0.1) is 19.3 Å². The molecule has 0 amide bonds. The minimum absolute atomic E-state index is 0.332. The van der Waals surface area contributed by atoms with Gasteiger partial charge in [0, 0.05) is 37.5 Å². The highest BCUT2D eigenvalue weighted by Crippen LogP contribution is 2.30. The fourth-order valence-electron chi connectivity index (χ4n) is 2.44. The predicted molar refractivity (Wildman–Crippen MR) is 93.3 cm³/mol. The molecule has 0 unspecified atom stereocenters. The Bertz CT molecular complexity index is 556. The summed E-state index contributed by atoms with van der Waals surface area (Å²) in [5.41, 5.74) is 0. The number of anilines is 2. The van der Waals surface area contributed by atoms with Crippen molar-refractivity contribution in [2.75, 3.05) is 48.8 Å². The van der Waals surface area contributed by atoms with Gasteiger partial charge in [0.1, 0.15) is 11.6 Å². The second-order valence-electron chi connectivity index (χ2n) is 5.29. The van der Waals surface area contributed by atoms with Gasteiger partial charge in [0.25, 0.3) is 0 Å². The number of ether oxygens (including phenoxy) is 1. The molecule has 0 bridgehead atoms. The van der Waals surface area contributed by atoms with Crippen LogP contribution in [0.2, 0.25) is 0 Å². The molecule has 0 aliphatic carbocycles. The van der Waals surface area contributed by atoms with E-state index < -0.39 is 0 Å². The highest BCUT2D eigenvalue weighted by Gasteiger charge is 2.23. The molecule has 0 saturated carbocycles. The molecule has 22 heavy (non-hydrogen) atoms. The van der Waals surface area contributed by atoms with Gasteiger partial charge in [-0.1, -0.05) is 17.8 Å². The molecule has 0 spiro atoms. The lowest BCUT2D eigenvalue weighted by molar-refractivity contribution is 0.0984. The Labute approximate surface area is 140 Å². The van der Waals surface area contributed by atoms with Gasteiger partial charge in [-0.3, -0.25) is 4.31 Å². The molecule has 0 aromatic carbocycles. The van der Waals surface area contributed by atoms with E-state index in [0.29, 0.717) is 6.04 Å². The zero-order chi connectivity index (χ0) is 15.5. The van der Waals surface area contributed by atoms with Crippen LogP contribution in [0.25, 0.3) is 0 Å². The van der Waals surface area contributed by atoms with Crippen LogP contribution in [0.5, 0.6) is 0 Å². The smallest absolute Gasteiger partial charge is 0.191 e. The summed E-state index contributed by atoms with van der Waals surface area (Å²) in [6.45, 7) is 5.47. The monoisotopic (exact) mass is 339 g/mol. The van der Waals surface area contributed by atoms with Crippen molar-refractivity contribution in [1.29, 1.82) is 0 Å². The van der Waals surface area contributed by atoms with Crippen LogP contribution in [0.4, 0.5) is 11.6 Å². The fourth-order valence-corrected chi connectivity index (χ4v) is 3.58. The van der Waals surface area contributed by atoms with Crippen LogP contribution in [0, 0.1) is 0 Å². The van der Waals surface area contributed by atoms with Gasteiger partial charge in [-0.25, -0.2) is 14.3 Å². The molecule has 1 atom stereocenters. The van der Waals surface area contributed by atoms with Crippen molar-refractivity contribution in [1.82, 2.24) is 14.3 Å². The topological polar surface area (TPSA) is 44.7 Å². The Hall–Kier alpha value is -0.960. The van der Waals surface area contributed by atoms with Crippen molar-refractivity contribution in [2.45, 2.75) is 18.1 Å². The van der Waals surface area contributed by atoms with Gasteiger partial charge < -0.3 is 9.64 Å².